The fourth-order valence-corrected chi connectivity index (χ4v) is 0.650. The van der Waals surface area contributed by atoms with Crippen LogP contribution >= 0.6 is 12.2 Å². The van der Waals surface area contributed by atoms with Crippen LogP contribution in [0.15, 0.2) is 0 Å². The van der Waals surface area contributed by atoms with Crippen molar-refractivity contribution in [3.05, 3.63) is 0 Å². The van der Waals surface area contributed by atoms with Gasteiger partial charge >= 0.3 is 0 Å². The molecule has 0 amide bonds. The third-order valence-electron chi connectivity index (χ3n) is 0.602. The molecule has 0 spiro atoms. The minimum Gasteiger partial charge on any atom is -0.0837 e. The highest BCUT2D eigenvalue weighted by molar-refractivity contribution is 7.78. The van der Waals surface area contributed by atoms with Crippen LogP contribution in [0.2, 0.25) is 0 Å². The Balaban J connectivity index is 3.34. The summed E-state index contributed by atoms with van der Waals surface area (Å²) in [5.41, 5.74) is 0.335. The topological polar surface area (TPSA) is 0 Å². The standard InChI is InChI=1S/C6H11S/c1-6(2,3)4-5-7/h4H2,1-3H3. The predicted molar refractivity (Wildman–Crippen MR) is 36.7 cm³/mol. The van der Waals surface area contributed by atoms with E-state index in [9.17, 15) is 0 Å². The van der Waals surface area contributed by atoms with Gasteiger partial charge in [-0.2, -0.15) is 0 Å². The molecule has 0 heterocycles. The van der Waals surface area contributed by atoms with Gasteiger partial charge in [-0.1, -0.05) is 33.0 Å². The monoisotopic (exact) mass is 115 g/mol. The molecule has 7 heavy (non-hydrogen) atoms. The Morgan fingerprint density at radius 2 is 1.86 bits per heavy atom. The van der Waals surface area contributed by atoms with Crippen molar-refractivity contribution in [2.24, 2.45) is 5.41 Å². The molecule has 0 rings (SSSR count). The number of hydrogen-bond donors (Lipinski definition) is 0. The second kappa shape index (κ2) is 2.41. The molecule has 1 radical (unpaired) electrons. The third kappa shape index (κ3) is 6.09. The van der Waals surface area contributed by atoms with E-state index in [1.54, 1.807) is 0 Å². The predicted octanol–water partition coefficient (Wildman–Crippen LogP) is 2.30. The molecule has 0 aliphatic heterocycles. The van der Waals surface area contributed by atoms with Crippen molar-refractivity contribution in [1.82, 2.24) is 0 Å². The summed E-state index contributed by atoms with van der Waals surface area (Å²) in [6.45, 7) is 6.44. The zero-order valence-corrected chi connectivity index (χ0v) is 5.93. The minimum atomic E-state index is 0.335. The molecule has 0 aromatic rings. The van der Waals surface area contributed by atoms with E-state index in [1.807, 2.05) is 0 Å². The average Bonchev–Trinajstić information content (AvgIpc) is 1.30. The van der Waals surface area contributed by atoms with Gasteiger partial charge in [0.2, 0.25) is 0 Å². The molecular formula is C6H11S. The Labute approximate surface area is 50.9 Å². The van der Waals surface area contributed by atoms with Crippen LogP contribution in [0.3, 0.4) is 0 Å². The summed E-state index contributed by atoms with van der Waals surface area (Å²) in [7, 11) is 0. The van der Waals surface area contributed by atoms with Crippen LogP contribution < -0.4 is 0 Å². The Morgan fingerprint density at radius 1 is 1.43 bits per heavy atom. The smallest absolute Gasteiger partial charge is 0.0296 e. The molecule has 0 nitrogen and oxygen atoms in total. The molecule has 0 aromatic carbocycles. The van der Waals surface area contributed by atoms with Gasteiger partial charge in [0, 0.05) is 5.37 Å². The van der Waals surface area contributed by atoms with Gasteiger partial charge in [-0.25, -0.2) is 0 Å². The number of rotatable bonds is 1. The first-order valence-corrected chi connectivity index (χ1v) is 2.82. The molecule has 0 N–H and O–H groups in total. The van der Waals surface area contributed by atoms with Crippen molar-refractivity contribution in [2.75, 3.05) is 0 Å². The van der Waals surface area contributed by atoms with Crippen LogP contribution in [0.1, 0.15) is 27.2 Å². The van der Waals surface area contributed by atoms with Crippen molar-refractivity contribution in [3.8, 4) is 0 Å². The molecule has 0 saturated heterocycles. The first-order chi connectivity index (χ1) is 3.06. The maximum Gasteiger partial charge on any atom is 0.0296 e. The van der Waals surface area contributed by atoms with Gasteiger partial charge in [-0.05, 0) is 11.8 Å². The molecule has 0 aliphatic carbocycles. The summed E-state index contributed by atoms with van der Waals surface area (Å²) < 4.78 is 0. The molecule has 0 fully saturated rings. The second-order valence-electron chi connectivity index (χ2n) is 2.88. The van der Waals surface area contributed by atoms with Crippen molar-refractivity contribution in [2.45, 2.75) is 27.2 Å². The summed E-state index contributed by atoms with van der Waals surface area (Å²) in [6, 6.07) is 0. The molecule has 41 valence electrons. The van der Waals surface area contributed by atoms with Crippen LogP contribution in [0.4, 0.5) is 0 Å². The highest BCUT2D eigenvalue weighted by Gasteiger charge is 2.05. The normalized spacial score (nSPS) is 11.3. The molecular weight excluding hydrogens is 104 g/mol. The lowest BCUT2D eigenvalue weighted by Crippen LogP contribution is -2.03. The second-order valence-corrected chi connectivity index (χ2v) is 3.17. The fraction of sp³-hybridized carbons (Fsp3) is 0.833. The van der Waals surface area contributed by atoms with Gasteiger partial charge in [0.15, 0.2) is 0 Å². The van der Waals surface area contributed by atoms with Gasteiger partial charge < -0.3 is 0 Å². The maximum atomic E-state index is 4.55. The van der Waals surface area contributed by atoms with Crippen LogP contribution in [0.5, 0.6) is 0 Å². The van der Waals surface area contributed by atoms with E-state index in [4.69, 9.17) is 0 Å². The Morgan fingerprint density at radius 3 is 1.86 bits per heavy atom. The molecule has 0 unspecified atom stereocenters. The zero-order valence-electron chi connectivity index (χ0n) is 5.12. The molecule has 0 aromatic heterocycles. The van der Waals surface area contributed by atoms with E-state index in [1.165, 1.54) is 0 Å². The van der Waals surface area contributed by atoms with Crippen molar-refractivity contribution in [3.63, 3.8) is 0 Å². The fourth-order valence-electron chi connectivity index (χ4n) is 0.217. The van der Waals surface area contributed by atoms with E-state index in [-0.39, 0.29) is 0 Å². The van der Waals surface area contributed by atoms with Gasteiger partial charge in [-0.3, -0.25) is 0 Å². The Bertz CT molecular complexity index is 59.1. The summed E-state index contributed by atoms with van der Waals surface area (Å²) >= 11 is 4.55. The highest BCUT2D eigenvalue weighted by Crippen LogP contribution is 2.15. The van der Waals surface area contributed by atoms with E-state index < -0.39 is 0 Å². The quantitative estimate of drug-likeness (QED) is 0.472. The zero-order chi connectivity index (χ0) is 5.91. The Hall–Kier alpha value is 0.0900. The molecule has 1 heteroatoms. The molecule has 0 bridgehead atoms. The largest absolute Gasteiger partial charge is 0.0837 e. The summed E-state index contributed by atoms with van der Waals surface area (Å²) in [5.74, 6) is 0. The average molecular weight is 115 g/mol. The van der Waals surface area contributed by atoms with Crippen LogP contribution in [0, 0.1) is 5.41 Å². The van der Waals surface area contributed by atoms with Gasteiger partial charge in [0.25, 0.3) is 0 Å². The van der Waals surface area contributed by atoms with Crippen molar-refractivity contribution in [1.29, 1.82) is 0 Å². The van der Waals surface area contributed by atoms with Gasteiger partial charge in [-0.15, -0.1) is 0 Å². The summed E-state index contributed by atoms with van der Waals surface area (Å²) in [6.07, 6.45) is 0.905. The highest BCUT2D eigenvalue weighted by atomic mass is 32.1. The third-order valence-corrected chi connectivity index (χ3v) is 0.747. The van der Waals surface area contributed by atoms with E-state index in [0.717, 1.165) is 6.42 Å². The first kappa shape index (κ1) is 7.09. The molecule has 0 saturated carbocycles. The SMILES string of the molecule is CC(C)(C)C[C]=S. The number of hydrogen-bond acceptors (Lipinski definition) is 1. The van der Waals surface area contributed by atoms with E-state index in [0.29, 0.717) is 5.41 Å². The lowest BCUT2D eigenvalue weighted by Gasteiger charge is -2.12. The minimum absolute atomic E-state index is 0.335. The van der Waals surface area contributed by atoms with Gasteiger partial charge in [0.05, 0.1) is 0 Å². The van der Waals surface area contributed by atoms with Crippen LogP contribution in [-0.4, -0.2) is 5.37 Å². The Kier molecular flexibility index (Phi) is 2.44. The van der Waals surface area contributed by atoms with Crippen LogP contribution in [-0.2, 0) is 0 Å². The molecule has 0 atom stereocenters. The van der Waals surface area contributed by atoms with E-state index in [2.05, 4.69) is 38.4 Å². The van der Waals surface area contributed by atoms with Crippen molar-refractivity contribution >= 4 is 17.6 Å². The first-order valence-electron chi connectivity index (χ1n) is 2.41. The summed E-state index contributed by atoms with van der Waals surface area (Å²) in [5, 5.41) is 2.69. The maximum absolute atomic E-state index is 4.55. The lowest BCUT2D eigenvalue weighted by molar-refractivity contribution is 0.439. The van der Waals surface area contributed by atoms with E-state index >= 15 is 0 Å². The van der Waals surface area contributed by atoms with Gasteiger partial charge in [0.1, 0.15) is 0 Å². The van der Waals surface area contributed by atoms with Crippen LogP contribution in [0.25, 0.3) is 0 Å². The molecule has 0 aliphatic rings. The summed E-state index contributed by atoms with van der Waals surface area (Å²) in [4.78, 5) is 0. The van der Waals surface area contributed by atoms with Crippen molar-refractivity contribution < 1.29 is 0 Å². The lowest BCUT2D eigenvalue weighted by atomic mass is 9.94. The number of thiocarbonyl (C=S) groups is 1.